The van der Waals surface area contributed by atoms with E-state index in [0.29, 0.717) is 22.6 Å². The van der Waals surface area contributed by atoms with Gasteiger partial charge in [-0.05, 0) is 47.5 Å². The van der Waals surface area contributed by atoms with Crippen molar-refractivity contribution in [1.82, 2.24) is 30.7 Å². The number of nitrogens with two attached hydrogens (primary N) is 1. The van der Waals surface area contributed by atoms with Gasteiger partial charge in [0.15, 0.2) is 11.5 Å². The van der Waals surface area contributed by atoms with Gasteiger partial charge in [0, 0.05) is 36.4 Å². The summed E-state index contributed by atoms with van der Waals surface area (Å²) in [6.07, 6.45) is 5.90. The molecule has 0 aliphatic carbocycles. The minimum atomic E-state index is -0.600. The average Bonchev–Trinajstić information content (AvgIpc) is 3.42. The molecule has 0 bridgehead atoms. The molecule has 1 aliphatic heterocycles. The number of hydrogen-bond acceptors (Lipinski definition) is 9. The molecular weight excluding hydrogens is 526 g/mol. The fraction of sp³-hybridized carbons (Fsp3) is 0.143. The SMILES string of the molecule is CNC(=O)c1cccc(-c2cnn3cc(NC(=O)OC)nc3c2)c1.CNC(=O)c1cccc(C2=CC(N)NN=C2)c1. The molecule has 4 aromatic rings. The van der Waals surface area contributed by atoms with Crippen LogP contribution in [0.2, 0.25) is 0 Å². The van der Waals surface area contributed by atoms with Crippen LogP contribution in [0.1, 0.15) is 26.3 Å². The van der Waals surface area contributed by atoms with Gasteiger partial charge >= 0.3 is 6.09 Å². The number of rotatable bonds is 5. The summed E-state index contributed by atoms with van der Waals surface area (Å²) in [5, 5.41) is 15.9. The van der Waals surface area contributed by atoms with Crippen LogP contribution in [-0.4, -0.2) is 66.1 Å². The van der Waals surface area contributed by atoms with E-state index in [0.717, 1.165) is 22.3 Å². The summed E-state index contributed by atoms with van der Waals surface area (Å²) in [4.78, 5) is 38.8. The van der Waals surface area contributed by atoms with Crippen molar-refractivity contribution in [2.45, 2.75) is 6.17 Å². The number of carbonyl (C=O) groups excluding carboxylic acids is 3. The van der Waals surface area contributed by atoms with E-state index in [-0.39, 0.29) is 18.0 Å². The lowest BCUT2D eigenvalue weighted by atomic mass is 10.0. The lowest BCUT2D eigenvalue weighted by molar-refractivity contribution is 0.0955. The minimum Gasteiger partial charge on any atom is -0.453 e. The Kier molecular flexibility index (Phi) is 9.02. The number of allylic oxidation sites excluding steroid dienone is 1. The van der Waals surface area contributed by atoms with E-state index in [4.69, 9.17) is 5.73 Å². The highest BCUT2D eigenvalue weighted by Gasteiger charge is 2.11. The third kappa shape index (κ3) is 7.10. The second kappa shape index (κ2) is 13.0. The average molecular weight is 556 g/mol. The van der Waals surface area contributed by atoms with E-state index in [1.807, 2.05) is 36.4 Å². The molecule has 3 amide bonds. The maximum atomic E-state index is 11.7. The predicted molar refractivity (Wildman–Crippen MR) is 155 cm³/mol. The molecule has 5 rings (SSSR count). The van der Waals surface area contributed by atoms with Crippen LogP contribution in [0, 0.1) is 0 Å². The van der Waals surface area contributed by atoms with Gasteiger partial charge in [-0.25, -0.2) is 14.3 Å². The number of hydrogen-bond donors (Lipinski definition) is 5. The molecule has 0 spiro atoms. The zero-order chi connectivity index (χ0) is 29.4. The van der Waals surface area contributed by atoms with Crippen LogP contribution in [0.5, 0.6) is 0 Å². The number of fused-ring (bicyclic) bond motifs is 1. The van der Waals surface area contributed by atoms with Crippen molar-refractivity contribution in [3.63, 3.8) is 0 Å². The van der Waals surface area contributed by atoms with E-state index in [1.54, 1.807) is 57.0 Å². The molecule has 0 saturated carbocycles. The lowest BCUT2D eigenvalue weighted by Crippen LogP contribution is -2.34. The van der Waals surface area contributed by atoms with Crippen LogP contribution in [0.15, 0.2) is 78.2 Å². The zero-order valence-corrected chi connectivity index (χ0v) is 22.6. The van der Waals surface area contributed by atoms with Crippen LogP contribution >= 0.6 is 0 Å². The number of aromatic nitrogens is 3. The van der Waals surface area contributed by atoms with Crippen molar-refractivity contribution < 1.29 is 19.1 Å². The summed E-state index contributed by atoms with van der Waals surface area (Å²) >= 11 is 0. The van der Waals surface area contributed by atoms with Crippen LogP contribution in [0.4, 0.5) is 10.6 Å². The molecule has 1 unspecified atom stereocenters. The standard InChI is InChI=1S/C16H15N5O3.C12H14N4O/c1-17-15(22)11-5-3-4-10(6-11)12-7-14-19-13(20-16(23)24-2)9-21(14)18-8-12;1-14-12(17)9-4-2-3-8(5-9)10-6-11(13)16-15-7-10/h3-9H,1-2H3,(H,17,22)(H,20,23);2-7,11,16H,13H2,1H3,(H,14,17). The van der Waals surface area contributed by atoms with Gasteiger partial charge in [-0.1, -0.05) is 24.3 Å². The zero-order valence-electron chi connectivity index (χ0n) is 22.6. The molecule has 1 atom stereocenters. The quantitative estimate of drug-likeness (QED) is 0.249. The molecule has 3 heterocycles. The Labute approximate surface area is 235 Å². The van der Waals surface area contributed by atoms with Crippen LogP contribution in [-0.2, 0) is 4.74 Å². The number of carbonyl (C=O) groups is 3. The number of ether oxygens (including phenoxy) is 1. The fourth-order valence-electron chi connectivity index (χ4n) is 3.86. The molecule has 0 saturated heterocycles. The number of imidazole rings is 1. The van der Waals surface area contributed by atoms with Gasteiger partial charge in [0.25, 0.3) is 11.8 Å². The summed E-state index contributed by atoms with van der Waals surface area (Å²) in [6, 6.07) is 16.4. The smallest absolute Gasteiger partial charge is 0.412 e. The van der Waals surface area contributed by atoms with Crippen LogP contribution in [0.25, 0.3) is 22.3 Å². The van der Waals surface area contributed by atoms with Crippen LogP contribution in [0.3, 0.4) is 0 Å². The Morgan fingerprint density at radius 2 is 1.61 bits per heavy atom. The van der Waals surface area contributed by atoms with Crippen molar-refractivity contribution in [1.29, 1.82) is 0 Å². The Balaban J connectivity index is 0.000000201. The molecule has 0 fully saturated rings. The lowest BCUT2D eigenvalue weighted by Gasteiger charge is -2.14. The first-order chi connectivity index (χ1) is 19.8. The van der Waals surface area contributed by atoms with Crippen molar-refractivity contribution >= 4 is 41.2 Å². The minimum absolute atomic E-state index is 0.109. The highest BCUT2D eigenvalue weighted by Crippen LogP contribution is 2.22. The fourth-order valence-corrected chi connectivity index (χ4v) is 3.86. The molecule has 6 N–H and O–H groups in total. The van der Waals surface area contributed by atoms with E-state index >= 15 is 0 Å². The van der Waals surface area contributed by atoms with Crippen molar-refractivity contribution in [2.75, 3.05) is 26.5 Å². The van der Waals surface area contributed by atoms with E-state index in [1.165, 1.54) is 11.6 Å². The first-order valence-corrected chi connectivity index (χ1v) is 12.4. The van der Waals surface area contributed by atoms with Gasteiger partial charge in [-0.15, -0.1) is 0 Å². The topological polar surface area (TPSA) is 177 Å². The van der Waals surface area contributed by atoms with Gasteiger partial charge < -0.3 is 21.1 Å². The molecule has 2 aromatic carbocycles. The molecule has 41 heavy (non-hydrogen) atoms. The molecular formula is C28H29N9O4. The summed E-state index contributed by atoms with van der Waals surface area (Å²) in [5.41, 5.74) is 13.6. The Hall–Kier alpha value is -5.56. The maximum absolute atomic E-state index is 11.7. The summed E-state index contributed by atoms with van der Waals surface area (Å²) in [5.74, 6) is 0.0736. The van der Waals surface area contributed by atoms with Gasteiger partial charge in [-0.2, -0.15) is 10.2 Å². The summed E-state index contributed by atoms with van der Waals surface area (Å²) < 4.78 is 6.07. The van der Waals surface area contributed by atoms with Crippen molar-refractivity contribution in [2.24, 2.45) is 10.8 Å². The second-order valence-corrected chi connectivity index (χ2v) is 8.64. The normalized spacial score (nSPS) is 13.7. The number of amides is 3. The number of nitrogens with zero attached hydrogens (tertiary/aromatic N) is 4. The Morgan fingerprint density at radius 1 is 0.951 bits per heavy atom. The predicted octanol–water partition coefficient (Wildman–Crippen LogP) is 2.24. The monoisotopic (exact) mass is 555 g/mol. The molecule has 13 nitrogen and oxygen atoms in total. The molecule has 1 aliphatic rings. The third-order valence-corrected chi connectivity index (χ3v) is 5.89. The van der Waals surface area contributed by atoms with Gasteiger partial charge in [-0.3, -0.25) is 20.3 Å². The van der Waals surface area contributed by atoms with Gasteiger partial charge in [0.2, 0.25) is 0 Å². The van der Waals surface area contributed by atoms with E-state index < -0.39 is 6.09 Å². The van der Waals surface area contributed by atoms with Crippen molar-refractivity contribution in [3.05, 3.63) is 89.8 Å². The Bertz CT molecular complexity index is 1640. The summed E-state index contributed by atoms with van der Waals surface area (Å²) in [6.45, 7) is 0. The number of nitrogens with one attached hydrogen (secondary N) is 4. The number of methoxy groups -OCH3 is 1. The van der Waals surface area contributed by atoms with Crippen LogP contribution < -0.4 is 27.1 Å². The molecule has 0 radical (unpaired) electrons. The highest BCUT2D eigenvalue weighted by atomic mass is 16.5. The molecule has 210 valence electrons. The van der Waals surface area contributed by atoms with E-state index in [9.17, 15) is 14.4 Å². The maximum Gasteiger partial charge on any atom is 0.412 e. The third-order valence-electron chi connectivity index (χ3n) is 5.89. The van der Waals surface area contributed by atoms with E-state index in [2.05, 4.69) is 41.3 Å². The second-order valence-electron chi connectivity index (χ2n) is 8.64. The Morgan fingerprint density at radius 3 is 2.24 bits per heavy atom. The van der Waals surface area contributed by atoms with Crippen molar-refractivity contribution in [3.8, 4) is 11.1 Å². The first kappa shape index (κ1) is 28.4. The number of anilines is 1. The molecule has 2 aromatic heterocycles. The number of hydrazone groups is 1. The van der Waals surface area contributed by atoms with Gasteiger partial charge in [0.05, 0.1) is 25.7 Å². The first-order valence-electron chi connectivity index (χ1n) is 12.4. The number of benzene rings is 2. The molecule has 13 heteroatoms. The van der Waals surface area contributed by atoms with Gasteiger partial charge in [0.1, 0.15) is 6.17 Å². The largest absolute Gasteiger partial charge is 0.453 e. The summed E-state index contributed by atoms with van der Waals surface area (Å²) in [7, 11) is 4.47. The highest BCUT2D eigenvalue weighted by molar-refractivity contribution is 6.11.